The van der Waals surface area contributed by atoms with Crippen molar-refractivity contribution >= 4 is 23.6 Å². The van der Waals surface area contributed by atoms with Crippen molar-refractivity contribution in [1.82, 2.24) is 19.6 Å². The summed E-state index contributed by atoms with van der Waals surface area (Å²) in [5.74, 6) is 0.0740. The van der Waals surface area contributed by atoms with Crippen LogP contribution in [0.15, 0.2) is 60.7 Å². The third-order valence-electron chi connectivity index (χ3n) is 6.01. The van der Waals surface area contributed by atoms with Crippen molar-refractivity contribution < 1.29 is 4.79 Å². The maximum Gasteiger partial charge on any atom is 0.257 e. The summed E-state index contributed by atoms with van der Waals surface area (Å²) in [5.41, 5.74) is 4.58. The van der Waals surface area contributed by atoms with Crippen LogP contribution in [-0.4, -0.2) is 58.2 Å². The Morgan fingerprint density at radius 1 is 1.00 bits per heavy atom. The van der Waals surface area contributed by atoms with Gasteiger partial charge >= 0.3 is 0 Å². The first kappa shape index (κ1) is 22.3. The minimum atomic E-state index is 0.0740. The molecule has 166 valence electrons. The number of benzene rings is 2. The van der Waals surface area contributed by atoms with E-state index in [4.69, 9.17) is 11.6 Å². The van der Waals surface area contributed by atoms with Gasteiger partial charge in [0.05, 0.1) is 17.8 Å². The number of hydrogen-bond donors (Lipinski definition) is 0. The molecule has 0 bridgehead atoms. The number of halogens is 1. The van der Waals surface area contributed by atoms with Crippen molar-refractivity contribution in [3.8, 4) is 0 Å². The number of hydrogen-bond acceptors (Lipinski definition) is 3. The summed E-state index contributed by atoms with van der Waals surface area (Å²) in [7, 11) is 0. The summed E-state index contributed by atoms with van der Waals surface area (Å²) in [6.07, 6.45) is 4.34. The summed E-state index contributed by atoms with van der Waals surface area (Å²) in [5, 5.41) is 5.35. The van der Waals surface area contributed by atoms with Crippen LogP contribution in [-0.2, 0) is 6.54 Å². The van der Waals surface area contributed by atoms with Gasteiger partial charge < -0.3 is 4.90 Å². The predicted octanol–water partition coefficient (Wildman–Crippen LogP) is 4.67. The molecule has 1 aliphatic heterocycles. The van der Waals surface area contributed by atoms with Gasteiger partial charge in [-0.1, -0.05) is 72.3 Å². The molecular formula is C26H29ClN4O. The summed E-state index contributed by atoms with van der Waals surface area (Å²) >= 11 is 6.32. The largest absolute Gasteiger partial charge is 0.336 e. The van der Waals surface area contributed by atoms with E-state index in [0.29, 0.717) is 11.6 Å². The van der Waals surface area contributed by atoms with Gasteiger partial charge in [-0.05, 0) is 31.0 Å². The van der Waals surface area contributed by atoms with Crippen LogP contribution in [0.25, 0.3) is 6.08 Å². The fourth-order valence-corrected chi connectivity index (χ4v) is 4.34. The van der Waals surface area contributed by atoms with E-state index in [1.54, 1.807) is 0 Å². The molecule has 2 aromatic carbocycles. The minimum Gasteiger partial charge on any atom is -0.336 e. The van der Waals surface area contributed by atoms with Crippen molar-refractivity contribution in [1.29, 1.82) is 0 Å². The van der Waals surface area contributed by atoms with Crippen molar-refractivity contribution in [2.45, 2.75) is 20.4 Å². The highest BCUT2D eigenvalue weighted by Crippen LogP contribution is 2.21. The van der Waals surface area contributed by atoms with Crippen LogP contribution in [0.3, 0.4) is 0 Å². The molecule has 6 heteroatoms. The Labute approximate surface area is 194 Å². The topological polar surface area (TPSA) is 41.4 Å². The van der Waals surface area contributed by atoms with E-state index in [9.17, 15) is 4.79 Å². The molecule has 0 aliphatic carbocycles. The summed E-state index contributed by atoms with van der Waals surface area (Å²) in [6.45, 7) is 8.53. The van der Waals surface area contributed by atoms with Gasteiger partial charge in [0.25, 0.3) is 5.91 Å². The van der Waals surface area contributed by atoms with E-state index in [1.807, 2.05) is 65.9 Å². The Morgan fingerprint density at radius 3 is 2.41 bits per heavy atom. The van der Waals surface area contributed by atoms with Gasteiger partial charge in [-0.15, -0.1) is 0 Å². The lowest BCUT2D eigenvalue weighted by Crippen LogP contribution is -2.48. The van der Waals surface area contributed by atoms with Gasteiger partial charge in [-0.2, -0.15) is 5.10 Å². The van der Waals surface area contributed by atoms with E-state index in [2.05, 4.69) is 34.3 Å². The zero-order chi connectivity index (χ0) is 22.5. The summed E-state index contributed by atoms with van der Waals surface area (Å²) < 4.78 is 1.88. The van der Waals surface area contributed by atoms with Gasteiger partial charge in [-0.25, -0.2) is 0 Å². The number of nitrogens with zero attached hydrogens (tertiary/aromatic N) is 4. The molecule has 3 aromatic rings. The Kier molecular flexibility index (Phi) is 7.08. The predicted molar refractivity (Wildman–Crippen MR) is 130 cm³/mol. The lowest BCUT2D eigenvalue weighted by atomic mass is 10.1. The molecule has 1 aromatic heterocycles. The number of carbonyl (C=O) groups is 1. The molecule has 1 fully saturated rings. The van der Waals surface area contributed by atoms with E-state index in [1.165, 1.54) is 5.56 Å². The van der Waals surface area contributed by atoms with E-state index < -0.39 is 0 Å². The van der Waals surface area contributed by atoms with Crippen molar-refractivity contribution in [3.05, 3.63) is 93.8 Å². The number of rotatable bonds is 6. The molecule has 1 aliphatic rings. The smallest absolute Gasteiger partial charge is 0.257 e. The lowest BCUT2D eigenvalue weighted by Gasteiger charge is -2.34. The first-order valence-electron chi connectivity index (χ1n) is 11.0. The third-order valence-corrected chi connectivity index (χ3v) is 6.38. The Morgan fingerprint density at radius 2 is 1.69 bits per heavy atom. The van der Waals surface area contributed by atoms with Crippen LogP contribution >= 0.6 is 11.6 Å². The van der Waals surface area contributed by atoms with Crippen LogP contribution in [0, 0.1) is 13.8 Å². The second-order valence-corrected chi connectivity index (χ2v) is 8.61. The van der Waals surface area contributed by atoms with Gasteiger partial charge in [0.2, 0.25) is 0 Å². The maximum absolute atomic E-state index is 13.3. The fraction of sp³-hybridized carbons (Fsp3) is 0.308. The van der Waals surface area contributed by atoms with Crippen LogP contribution in [0.1, 0.15) is 32.9 Å². The molecular weight excluding hydrogens is 420 g/mol. The molecule has 5 nitrogen and oxygen atoms in total. The molecule has 0 atom stereocenters. The van der Waals surface area contributed by atoms with Gasteiger partial charge in [-0.3, -0.25) is 14.4 Å². The van der Waals surface area contributed by atoms with Crippen LogP contribution in [0.4, 0.5) is 0 Å². The summed E-state index contributed by atoms with van der Waals surface area (Å²) in [4.78, 5) is 17.6. The monoisotopic (exact) mass is 448 g/mol. The average Bonchev–Trinajstić information content (AvgIpc) is 3.09. The van der Waals surface area contributed by atoms with Crippen LogP contribution in [0.5, 0.6) is 0 Å². The molecule has 32 heavy (non-hydrogen) atoms. The first-order valence-corrected chi connectivity index (χ1v) is 11.4. The van der Waals surface area contributed by atoms with Crippen molar-refractivity contribution in [2.24, 2.45) is 0 Å². The molecule has 0 radical (unpaired) electrons. The summed E-state index contributed by atoms with van der Waals surface area (Å²) in [6, 6.07) is 18.1. The minimum absolute atomic E-state index is 0.0740. The molecule has 4 rings (SSSR count). The van der Waals surface area contributed by atoms with Crippen LogP contribution in [0.2, 0.25) is 5.02 Å². The fourth-order valence-electron chi connectivity index (χ4n) is 4.14. The Balaban J connectivity index is 1.36. The number of carbonyl (C=O) groups excluding carboxylic acids is 1. The first-order chi connectivity index (χ1) is 15.5. The highest BCUT2D eigenvalue weighted by Gasteiger charge is 2.26. The number of amides is 1. The molecule has 1 amide bonds. The number of aryl methyl sites for hydroxylation is 1. The second-order valence-electron chi connectivity index (χ2n) is 8.20. The highest BCUT2D eigenvalue weighted by atomic mass is 35.5. The third kappa shape index (κ3) is 5.12. The molecule has 1 saturated heterocycles. The van der Waals surface area contributed by atoms with Crippen LogP contribution < -0.4 is 0 Å². The van der Waals surface area contributed by atoms with Gasteiger partial charge in [0.15, 0.2) is 0 Å². The molecule has 0 N–H and O–H groups in total. The Bertz CT molecular complexity index is 1100. The van der Waals surface area contributed by atoms with Crippen molar-refractivity contribution in [3.63, 3.8) is 0 Å². The Hall–Kier alpha value is -2.89. The normalized spacial score (nSPS) is 14.9. The second kappa shape index (κ2) is 10.2. The number of piperazine rings is 1. The van der Waals surface area contributed by atoms with E-state index >= 15 is 0 Å². The average molecular weight is 449 g/mol. The van der Waals surface area contributed by atoms with E-state index in [-0.39, 0.29) is 5.91 Å². The quantitative estimate of drug-likeness (QED) is 0.550. The number of aromatic nitrogens is 2. The standard InChI is InChI=1S/C26H29ClN4O/c1-20-25(21(2)31(28-20)19-23-12-6-7-13-24(23)27)26(32)30-17-15-29(16-18-30)14-8-11-22-9-4-3-5-10-22/h3-13H,14-19H2,1-2H3. The molecule has 2 heterocycles. The van der Waals surface area contributed by atoms with E-state index in [0.717, 1.165) is 55.2 Å². The zero-order valence-corrected chi connectivity index (χ0v) is 19.4. The highest BCUT2D eigenvalue weighted by molar-refractivity contribution is 6.31. The lowest BCUT2D eigenvalue weighted by molar-refractivity contribution is 0.0648. The molecule has 0 spiro atoms. The maximum atomic E-state index is 13.3. The van der Waals surface area contributed by atoms with Gasteiger partial charge in [0, 0.05) is 43.4 Å². The SMILES string of the molecule is Cc1nn(Cc2ccccc2Cl)c(C)c1C(=O)N1CCN(CC=Cc2ccccc2)CC1. The van der Waals surface area contributed by atoms with Crippen molar-refractivity contribution in [2.75, 3.05) is 32.7 Å². The zero-order valence-electron chi connectivity index (χ0n) is 18.7. The molecule has 0 unspecified atom stereocenters. The van der Waals surface area contributed by atoms with Gasteiger partial charge in [0.1, 0.15) is 0 Å². The molecule has 0 saturated carbocycles.